The number of nitrogens with one attached hydrogen (secondary N) is 1. The molecular weight excluding hydrogens is 359 g/mol. The van der Waals surface area contributed by atoms with Crippen LogP contribution < -0.4 is 5.32 Å². The smallest absolute Gasteiger partial charge is 0.381 e. The van der Waals surface area contributed by atoms with Gasteiger partial charge in [0.2, 0.25) is 5.91 Å². The Labute approximate surface area is 147 Å². The highest BCUT2D eigenvalue weighted by Crippen LogP contribution is 2.34. The van der Waals surface area contributed by atoms with E-state index in [2.05, 4.69) is 10.4 Å². The molecule has 9 heteroatoms. The molecule has 0 aliphatic rings. The van der Waals surface area contributed by atoms with Gasteiger partial charge in [-0.2, -0.15) is 18.3 Å². The van der Waals surface area contributed by atoms with Crippen molar-refractivity contribution >= 4 is 23.3 Å². The lowest BCUT2D eigenvalue weighted by atomic mass is 10.2. The quantitative estimate of drug-likeness (QED) is 0.769. The average molecular weight is 376 g/mol. The van der Waals surface area contributed by atoms with E-state index >= 15 is 0 Å². The van der Waals surface area contributed by atoms with Crippen LogP contribution in [0.15, 0.2) is 24.3 Å². The van der Waals surface area contributed by atoms with E-state index < -0.39 is 11.7 Å². The first-order valence-corrected chi connectivity index (χ1v) is 7.91. The predicted molar refractivity (Wildman–Crippen MR) is 88.1 cm³/mol. The molecule has 0 aliphatic carbocycles. The summed E-state index contributed by atoms with van der Waals surface area (Å²) in [5, 5.41) is 6.83. The van der Waals surface area contributed by atoms with Crippen molar-refractivity contribution < 1.29 is 22.7 Å². The van der Waals surface area contributed by atoms with Crippen molar-refractivity contribution in [3.63, 3.8) is 0 Å². The Morgan fingerprint density at radius 1 is 1.36 bits per heavy atom. The molecule has 25 heavy (non-hydrogen) atoms. The zero-order chi connectivity index (χ0) is 18.6. The SMILES string of the molecule is CCOCCC(=O)Nc1cc(C)nn1-c1cc(C(F)(F)F)ccc1Cl. The Kier molecular flexibility index (Phi) is 6.07. The summed E-state index contributed by atoms with van der Waals surface area (Å²) in [6.45, 7) is 4.21. The fourth-order valence-corrected chi connectivity index (χ4v) is 2.34. The topological polar surface area (TPSA) is 56.1 Å². The number of carbonyl (C=O) groups excluding carboxylic acids is 1. The third-order valence-corrected chi connectivity index (χ3v) is 3.60. The molecule has 0 bridgehead atoms. The number of anilines is 1. The van der Waals surface area contributed by atoms with Crippen LogP contribution in [0, 0.1) is 6.92 Å². The summed E-state index contributed by atoms with van der Waals surface area (Å²) in [6, 6.07) is 4.49. The Hall–Kier alpha value is -2.06. The number of amides is 1. The summed E-state index contributed by atoms with van der Waals surface area (Å²) in [5.41, 5.74) is -0.299. The van der Waals surface area contributed by atoms with Crippen LogP contribution in [0.2, 0.25) is 5.02 Å². The average Bonchev–Trinajstić information content (AvgIpc) is 2.87. The van der Waals surface area contributed by atoms with Crippen LogP contribution >= 0.6 is 11.6 Å². The molecule has 0 saturated carbocycles. The molecule has 0 atom stereocenters. The molecule has 1 aromatic heterocycles. The normalized spacial score (nSPS) is 11.6. The van der Waals surface area contributed by atoms with Crippen LogP contribution in [-0.2, 0) is 15.7 Å². The Balaban J connectivity index is 2.33. The van der Waals surface area contributed by atoms with Crippen LogP contribution in [0.5, 0.6) is 0 Å². The monoisotopic (exact) mass is 375 g/mol. The molecule has 1 heterocycles. The third-order valence-electron chi connectivity index (χ3n) is 3.28. The number of halogens is 4. The molecular formula is C16H17ClF3N3O2. The number of rotatable bonds is 6. The van der Waals surface area contributed by atoms with Gasteiger partial charge in [-0.05, 0) is 32.0 Å². The van der Waals surface area contributed by atoms with Gasteiger partial charge in [0.15, 0.2) is 0 Å². The van der Waals surface area contributed by atoms with Gasteiger partial charge in [0, 0.05) is 12.7 Å². The number of benzene rings is 1. The molecule has 1 N–H and O–H groups in total. The highest BCUT2D eigenvalue weighted by atomic mass is 35.5. The van der Waals surface area contributed by atoms with Crippen LogP contribution in [0.4, 0.5) is 19.0 Å². The van der Waals surface area contributed by atoms with Gasteiger partial charge < -0.3 is 10.1 Å². The van der Waals surface area contributed by atoms with E-state index in [4.69, 9.17) is 16.3 Å². The fourth-order valence-electron chi connectivity index (χ4n) is 2.14. The molecule has 136 valence electrons. The Morgan fingerprint density at radius 2 is 2.08 bits per heavy atom. The Morgan fingerprint density at radius 3 is 2.72 bits per heavy atom. The maximum absolute atomic E-state index is 12.9. The third kappa shape index (κ3) is 4.96. The number of carbonyl (C=O) groups is 1. The van der Waals surface area contributed by atoms with E-state index in [9.17, 15) is 18.0 Å². The molecule has 2 rings (SSSR count). The number of alkyl halides is 3. The summed E-state index contributed by atoms with van der Waals surface area (Å²) in [4.78, 5) is 11.9. The minimum absolute atomic E-state index is 0.0321. The van der Waals surface area contributed by atoms with Crippen LogP contribution in [0.3, 0.4) is 0 Å². The van der Waals surface area contributed by atoms with Crippen LogP contribution in [-0.4, -0.2) is 28.9 Å². The van der Waals surface area contributed by atoms with Crippen molar-refractivity contribution in [2.45, 2.75) is 26.4 Å². The lowest BCUT2D eigenvalue weighted by Gasteiger charge is -2.13. The number of aryl methyl sites for hydroxylation is 1. The Bertz CT molecular complexity index is 760. The van der Waals surface area contributed by atoms with Gasteiger partial charge in [0.05, 0.1) is 35.0 Å². The molecule has 0 aliphatic heterocycles. The second-order valence-corrected chi connectivity index (χ2v) is 5.65. The van der Waals surface area contributed by atoms with Crippen LogP contribution in [0.1, 0.15) is 24.6 Å². The molecule has 0 spiro atoms. The predicted octanol–water partition coefficient (Wildman–Crippen LogP) is 4.22. The minimum Gasteiger partial charge on any atom is -0.381 e. The van der Waals surface area contributed by atoms with Gasteiger partial charge >= 0.3 is 6.18 Å². The highest BCUT2D eigenvalue weighted by molar-refractivity contribution is 6.32. The van der Waals surface area contributed by atoms with Gasteiger partial charge in [-0.1, -0.05) is 11.6 Å². The zero-order valence-electron chi connectivity index (χ0n) is 13.7. The van der Waals surface area contributed by atoms with E-state index in [-0.39, 0.29) is 35.5 Å². The zero-order valence-corrected chi connectivity index (χ0v) is 14.4. The van der Waals surface area contributed by atoms with Gasteiger partial charge in [-0.15, -0.1) is 0 Å². The van der Waals surface area contributed by atoms with Crippen molar-refractivity contribution in [2.24, 2.45) is 0 Å². The maximum Gasteiger partial charge on any atom is 0.416 e. The molecule has 0 radical (unpaired) electrons. The number of hydrogen-bond donors (Lipinski definition) is 1. The largest absolute Gasteiger partial charge is 0.416 e. The first kappa shape index (κ1) is 19.3. The van der Waals surface area contributed by atoms with Crippen molar-refractivity contribution in [3.8, 4) is 5.69 Å². The van der Waals surface area contributed by atoms with Crippen molar-refractivity contribution in [1.29, 1.82) is 0 Å². The minimum atomic E-state index is -4.51. The van der Waals surface area contributed by atoms with Crippen molar-refractivity contribution in [3.05, 3.63) is 40.5 Å². The lowest BCUT2D eigenvalue weighted by molar-refractivity contribution is -0.137. The summed E-state index contributed by atoms with van der Waals surface area (Å²) >= 11 is 6.04. The van der Waals surface area contributed by atoms with Crippen molar-refractivity contribution in [2.75, 3.05) is 18.5 Å². The summed E-state index contributed by atoms with van der Waals surface area (Å²) in [7, 11) is 0. The number of hydrogen-bond acceptors (Lipinski definition) is 3. The fraction of sp³-hybridized carbons (Fsp3) is 0.375. The second kappa shape index (κ2) is 7.88. The van der Waals surface area contributed by atoms with E-state index in [0.717, 1.165) is 18.2 Å². The first-order valence-electron chi connectivity index (χ1n) is 7.53. The number of aromatic nitrogens is 2. The van der Waals surface area contributed by atoms with Gasteiger partial charge in [0.25, 0.3) is 0 Å². The van der Waals surface area contributed by atoms with Crippen LogP contribution in [0.25, 0.3) is 5.69 Å². The summed E-state index contributed by atoms with van der Waals surface area (Å²) in [5.74, 6) is -0.0991. The number of ether oxygens (including phenoxy) is 1. The van der Waals surface area contributed by atoms with E-state index in [1.165, 1.54) is 4.68 Å². The standard InChI is InChI=1S/C16H17ClF3N3O2/c1-3-25-7-6-15(24)21-14-8-10(2)22-23(14)13-9-11(16(18,19)20)4-5-12(13)17/h4-5,8-9H,3,6-7H2,1-2H3,(H,21,24). The molecule has 5 nitrogen and oxygen atoms in total. The molecule has 0 unspecified atom stereocenters. The van der Waals surface area contributed by atoms with Gasteiger partial charge in [-0.25, -0.2) is 4.68 Å². The lowest BCUT2D eigenvalue weighted by Crippen LogP contribution is -2.17. The molecule has 0 fully saturated rings. The molecule has 2 aromatic rings. The highest BCUT2D eigenvalue weighted by Gasteiger charge is 2.31. The second-order valence-electron chi connectivity index (χ2n) is 5.24. The summed E-state index contributed by atoms with van der Waals surface area (Å²) in [6.07, 6.45) is -4.39. The van der Waals surface area contributed by atoms with E-state index in [1.54, 1.807) is 13.0 Å². The maximum atomic E-state index is 12.9. The van der Waals surface area contributed by atoms with Gasteiger partial charge in [0.1, 0.15) is 5.82 Å². The van der Waals surface area contributed by atoms with Gasteiger partial charge in [-0.3, -0.25) is 4.79 Å². The van der Waals surface area contributed by atoms with Crippen molar-refractivity contribution in [1.82, 2.24) is 9.78 Å². The summed E-state index contributed by atoms with van der Waals surface area (Å²) < 4.78 is 45.1. The molecule has 0 saturated heterocycles. The number of nitrogens with zero attached hydrogens (tertiary/aromatic N) is 2. The van der Waals surface area contributed by atoms with E-state index in [1.807, 2.05) is 6.92 Å². The van der Waals surface area contributed by atoms with E-state index in [0.29, 0.717) is 12.3 Å². The first-order chi connectivity index (χ1) is 11.7. The molecule has 1 aromatic carbocycles. The molecule has 1 amide bonds.